The van der Waals surface area contributed by atoms with E-state index >= 15 is 0 Å². The summed E-state index contributed by atoms with van der Waals surface area (Å²) in [6, 6.07) is 8.26. The summed E-state index contributed by atoms with van der Waals surface area (Å²) in [4.78, 5) is 37.6. The predicted molar refractivity (Wildman–Crippen MR) is 100 cm³/mol. The third-order valence-corrected chi connectivity index (χ3v) is 4.66. The first-order valence-electron chi connectivity index (χ1n) is 9.26. The number of aryl methyl sites for hydroxylation is 2. The van der Waals surface area contributed by atoms with Crippen LogP contribution in [0.3, 0.4) is 0 Å². The van der Waals surface area contributed by atoms with Crippen molar-refractivity contribution in [2.75, 3.05) is 19.6 Å². The maximum absolute atomic E-state index is 12.1. The summed E-state index contributed by atoms with van der Waals surface area (Å²) in [7, 11) is 0. The Kier molecular flexibility index (Phi) is 7.18. The number of hydrogen-bond donors (Lipinski definition) is 2. The van der Waals surface area contributed by atoms with Crippen LogP contribution in [-0.4, -0.2) is 48.3 Å². The Balaban J connectivity index is 1.61. The van der Waals surface area contributed by atoms with Crippen LogP contribution >= 0.6 is 0 Å². The Labute approximate surface area is 155 Å². The zero-order valence-electron chi connectivity index (χ0n) is 15.9. The van der Waals surface area contributed by atoms with E-state index in [-0.39, 0.29) is 36.1 Å². The van der Waals surface area contributed by atoms with Crippen LogP contribution < -0.4 is 10.6 Å². The second kappa shape index (κ2) is 9.36. The fourth-order valence-corrected chi connectivity index (χ4v) is 3.04. The van der Waals surface area contributed by atoms with E-state index in [0.717, 1.165) is 5.56 Å². The van der Waals surface area contributed by atoms with Gasteiger partial charge in [-0.1, -0.05) is 29.8 Å². The van der Waals surface area contributed by atoms with E-state index < -0.39 is 0 Å². The topological polar surface area (TPSA) is 78.5 Å². The molecule has 0 radical (unpaired) electrons. The lowest BCUT2D eigenvalue weighted by Crippen LogP contribution is -2.39. The molecule has 1 aliphatic heterocycles. The van der Waals surface area contributed by atoms with Crippen LogP contribution in [-0.2, 0) is 20.8 Å². The van der Waals surface area contributed by atoms with Crippen LogP contribution in [0.4, 0.5) is 0 Å². The van der Waals surface area contributed by atoms with Gasteiger partial charge in [0.25, 0.3) is 0 Å². The van der Waals surface area contributed by atoms with Gasteiger partial charge in [-0.05, 0) is 32.8 Å². The number of amides is 3. The zero-order valence-corrected chi connectivity index (χ0v) is 15.9. The summed E-state index contributed by atoms with van der Waals surface area (Å²) in [5.41, 5.74) is 2.34. The normalized spacial score (nSPS) is 16.8. The lowest BCUT2D eigenvalue weighted by molar-refractivity contribution is -0.129. The maximum atomic E-state index is 12.1. The highest BCUT2D eigenvalue weighted by molar-refractivity contribution is 5.89. The van der Waals surface area contributed by atoms with E-state index in [1.165, 1.54) is 5.56 Å². The number of nitrogens with one attached hydrogen (secondary N) is 2. The van der Waals surface area contributed by atoms with E-state index in [0.29, 0.717) is 32.5 Å². The molecule has 1 aromatic rings. The van der Waals surface area contributed by atoms with E-state index in [1.807, 2.05) is 45.0 Å². The van der Waals surface area contributed by atoms with Gasteiger partial charge in [-0.15, -0.1) is 0 Å². The second-order valence-corrected chi connectivity index (χ2v) is 7.17. The fraction of sp³-hybridized carbons (Fsp3) is 0.550. The van der Waals surface area contributed by atoms with Crippen molar-refractivity contribution in [1.82, 2.24) is 15.5 Å². The molecule has 0 aromatic heterocycles. The molecule has 1 aromatic carbocycles. The number of carbonyl (C=O) groups excluding carboxylic acids is 3. The van der Waals surface area contributed by atoms with Crippen molar-refractivity contribution in [3.8, 4) is 0 Å². The highest BCUT2D eigenvalue weighted by atomic mass is 16.2. The largest absolute Gasteiger partial charge is 0.354 e. The molecule has 0 aliphatic carbocycles. The number of hydrogen-bond acceptors (Lipinski definition) is 3. The third kappa shape index (κ3) is 5.86. The van der Waals surface area contributed by atoms with Gasteiger partial charge in [0.1, 0.15) is 0 Å². The van der Waals surface area contributed by atoms with Gasteiger partial charge in [0.05, 0.1) is 5.92 Å². The Bertz CT molecular complexity index is 640. The quantitative estimate of drug-likeness (QED) is 0.689. The number of carbonyl (C=O) groups is 3. The smallest absolute Gasteiger partial charge is 0.225 e. The zero-order chi connectivity index (χ0) is 19.1. The lowest BCUT2D eigenvalue weighted by atomic mass is 10.1. The Hall–Kier alpha value is -2.37. The molecule has 142 valence electrons. The molecule has 2 rings (SSSR count). The van der Waals surface area contributed by atoms with Gasteiger partial charge in [0.2, 0.25) is 17.7 Å². The number of likely N-dealkylation sites (tertiary alicyclic amines) is 1. The van der Waals surface area contributed by atoms with E-state index in [2.05, 4.69) is 10.6 Å². The molecule has 26 heavy (non-hydrogen) atoms. The summed E-state index contributed by atoms with van der Waals surface area (Å²) in [5.74, 6) is -0.399. The van der Waals surface area contributed by atoms with Gasteiger partial charge in [0, 0.05) is 38.5 Å². The van der Waals surface area contributed by atoms with Crippen molar-refractivity contribution in [2.24, 2.45) is 5.92 Å². The van der Waals surface area contributed by atoms with Gasteiger partial charge >= 0.3 is 0 Å². The van der Waals surface area contributed by atoms with Crippen LogP contribution in [0.1, 0.15) is 37.8 Å². The minimum atomic E-state index is -0.290. The van der Waals surface area contributed by atoms with Crippen LogP contribution in [0.5, 0.6) is 0 Å². The van der Waals surface area contributed by atoms with Crippen LogP contribution in [0, 0.1) is 12.8 Å². The highest BCUT2D eigenvalue weighted by Gasteiger charge is 2.35. The Morgan fingerprint density at radius 3 is 2.42 bits per heavy atom. The highest BCUT2D eigenvalue weighted by Crippen LogP contribution is 2.19. The van der Waals surface area contributed by atoms with Crippen molar-refractivity contribution < 1.29 is 14.4 Å². The molecular weight excluding hydrogens is 330 g/mol. The van der Waals surface area contributed by atoms with Crippen molar-refractivity contribution in [3.63, 3.8) is 0 Å². The Morgan fingerprint density at radius 1 is 1.15 bits per heavy atom. The summed E-state index contributed by atoms with van der Waals surface area (Å²) < 4.78 is 0. The average molecular weight is 359 g/mol. The summed E-state index contributed by atoms with van der Waals surface area (Å²) in [5, 5.41) is 5.62. The predicted octanol–water partition coefficient (Wildman–Crippen LogP) is 1.42. The minimum absolute atomic E-state index is 0.0261. The molecule has 1 saturated heterocycles. The number of benzene rings is 1. The molecule has 6 heteroatoms. The van der Waals surface area contributed by atoms with E-state index in [1.54, 1.807) is 4.90 Å². The Morgan fingerprint density at radius 2 is 1.81 bits per heavy atom. The molecule has 1 aliphatic rings. The van der Waals surface area contributed by atoms with Crippen LogP contribution in [0.2, 0.25) is 0 Å². The molecule has 1 heterocycles. The fourth-order valence-electron chi connectivity index (χ4n) is 3.04. The molecule has 0 saturated carbocycles. The maximum Gasteiger partial charge on any atom is 0.225 e. The minimum Gasteiger partial charge on any atom is -0.354 e. The standard InChI is InChI=1S/C20H29N3O3/c1-14(2)23-13-17(12-19(23)25)20(26)22-11-10-21-18(24)9-8-16-6-4-15(3)5-7-16/h4-7,14,17H,8-13H2,1-3H3,(H,21,24)(H,22,26). The van der Waals surface area contributed by atoms with Gasteiger partial charge < -0.3 is 15.5 Å². The van der Waals surface area contributed by atoms with Crippen LogP contribution in [0.25, 0.3) is 0 Å². The summed E-state index contributed by atoms with van der Waals surface area (Å²) >= 11 is 0. The third-order valence-electron chi connectivity index (χ3n) is 4.66. The van der Waals surface area contributed by atoms with Gasteiger partial charge in [0.15, 0.2) is 0 Å². The van der Waals surface area contributed by atoms with E-state index in [4.69, 9.17) is 0 Å². The number of nitrogens with zero attached hydrogens (tertiary/aromatic N) is 1. The van der Waals surface area contributed by atoms with Gasteiger partial charge in [-0.2, -0.15) is 0 Å². The van der Waals surface area contributed by atoms with Crippen molar-refractivity contribution >= 4 is 17.7 Å². The summed E-state index contributed by atoms with van der Waals surface area (Å²) in [6.07, 6.45) is 1.40. The number of rotatable bonds is 8. The SMILES string of the molecule is Cc1ccc(CCC(=O)NCCNC(=O)C2CC(=O)N(C(C)C)C2)cc1. The van der Waals surface area contributed by atoms with Crippen molar-refractivity contribution in [1.29, 1.82) is 0 Å². The lowest BCUT2D eigenvalue weighted by Gasteiger charge is -2.20. The second-order valence-electron chi connectivity index (χ2n) is 7.17. The first kappa shape index (κ1) is 19.9. The average Bonchev–Trinajstić information content (AvgIpc) is 3.00. The van der Waals surface area contributed by atoms with Crippen molar-refractivity contribution in [3.05, 3.63) is 35.4 Å². The van der Waals surface area contributed by atoms with Crippen molar-refractivity contribution in [2.45, 2.75) is 46.1 Å². The van der Waals surface area contributed by atoms with E-state index in [9.17, 15) is 14.4 Å². The molecule has 0 bridgehead atoms. The first-order valence-corrected chi connectivity index (χ1v) is 9.26. The molecule has 1 unspecified atom stereocenters. The molecule has 6 nitrogen and oxygen atoms in total. The molecule has 1 fully saturated rings. The monoisotopic (exact) mass is 359 g/mol. The molecule has 1 atom stereocenters. The first-order chi connectivity index (χ1) is 12.4. The molecular formula is C20H29N3O3. The van der Waals surface area contributed by atoms with Crippen LogP contribution in [0.15, 0.2) is 24.3 Å². The summed E-state index contributed by atoms with van der Waals surface area (Å²) in [6.45, 7) is 7.18. The van der Waals surface area contributed by atoms with Gasteiger partial charge in [-0.3, -0.25) is 14.4 Å². The molecule has 3 amide bonds. The molecule has 0 spiro atoms. The molecule has 2 N–H and O–H groups in total. The van der Waals surface area contributed by atoms with Gasteiger partial charge in [-0.25, -0.2) is 0 Å².